The fourth-order valence-corrected chi connectivity index (χ4v) is 3.15. The molecule has 0 fully saturated rings. The maximum Gasteiger partial charge on any atom is 0.343 e. The van der Waals surface area contributed by atoms with Crippen LogP contribution in [0.1, 0.15) is 21.5 Å². The number of phenols is 1. The summed E-state index contributed by atoms with van der Waals surface area (Å²) in [5.41, 5.74) is 3.03. The van der Waals surface area contributed by atoms with Gasteiger partial charge in [0, 0.05) is 11.6 Å². The van der Waals surface area contributed by atoms with E-state index in [-0.39, 0.29) is 17.1 Å². The first-order valence-corrected chi connectivity index (χ1v) is 9.50. The molecule has 3 aromatic carbocycles. The predicted molar refractivity (Wildman–Crippen MR) is 115 cm³/mol. The second kappa shape index (κ2) is 8.31. The van der Waals surface area contributed by atoms with Gasteiger partial charge in [-0.05, 0) is 73.5 Å². The summed E-state index contributed by atoms with van der Waals surface area (Å²) in [7, 11) is 0. The number of aromatic nitrogens is 1. The molecule has 0 spiro atoms. The smallest absolute Gasteiger partial charge is 0.343 e. The molecule has 0 atom stereocenters. The average molecular weight is 415 g/mol. The lowest BCUT2D eigenvalue weighted by atomic mass is 10.1. The third-order valence-corrected chi connectivity index (χ3v) is 4.72. The van der Waals surface area contributed by atoms with E-state index in [1.165, 1.54) is 24.3 Å². The number of halogens is 1. The number of hydrogen-bond donors (Lipinski definition) is 1. The summed E-state index contributed by atoms with van der Waals surface area (Å²) in [6.07, 6.45) is 1.60. The highest BCUT2D eigenvalue weighted by molar-refractivity contribution is 6.00. The van der Waals surface area contributed by atoms with Crippen LogP contribution in [0.3, 0.4) is 0 Å². The lowest BCUT2D eigenvalue weighted by Crippen LogP contribution is -2.09. The van der Waals surface area contributed by atoms with E-state index in [2.05, 4.69) is 15.2 Å². The Morgan fingerprint density at radius 3 is 2.48 bits per heavy atom. The number of rotatable bonds is 4. The maximum absolute atomic E-state index is 13.9. The molecule has 0 aliphatic carbocycles. The van der Waals surface area contributed by atoms with Crippen LogP contribution in [0, 0.1) is 19.7 Å². The highest BCUT2D eigenvalue weighted by Crippen LogP contribution is 2.31. The van der Waals surface area contributed by atoms with Gasteiger partial charge in [-0.2, -0.15) is 5.11 Å². The van der Waals surface area contributed by atoms with Gasteiger partial charge in [-0.3, -0.25) is 4.98 Å². The summed E-state index contributed by atoms with van der Waals surface area (Å²) >= 11 is 0. The normalized spacial score (nSPS) is 11.2. The van der Waals surface area contributed by atoms with Crippen LogP contribution in [0.5, 0.6) is 11.5 Å². The van der Waals surface area contributed by atoms with Gasteiger partial charge in [0.05, 0.1) is 22.5 Å². The highest BCUT2D eigenvalue weighted by atomic mass is 19.1. The van der Waals surface area contributed by atoms with Crippen molar-refractivity contribution in [3.05, 3.63) is 89.4 Å². The van der Waals surface area contributed by atoms with E-state index >= 15 is 0 Å². The van der Waals surface area contributed by atoms with E-state index in [1.54, 1.807) is 50.4 Å². The zero-order valence-electron chi connectivity index (χ0n) is 16.8. The van der Waals surface area contributed by atoms with Gasteiger partial charge in [-0.1, -0.05) is 12.1 Å². The van der Waals surface area contributed by atoms with Gasteiger partial charge in [-0.15, -0.1) is 5.11 Å². The van der Waals surface area contributed by atoms with Gasteiger partial charge in [0.25, 0.3) is 0 Å². The zero-order chi connectivity index (χ0) is 22.0. The minimum atomic E-state index is -0.731. The number of azo groups is 1. The molecule has 0 unspecified atom stereocenters. The first kappa shape index (κ1) is 20.2. The molecule has 7 heteroatoms. The number of phenolic OH excluding ortho intramolecular Hbond substituents is 1. The molecule has 4 aromatic rings. The summed E-state index contributed by atoms with van der Waals surface area (Å²) < 4.78 is 19.1. The van der Waals surface area contributed by atoms with E-state index in [4.69, 9.17) is 4.74 Å². The molecule has 0 radical (unpaired) electrons. The number of carbonyl (C=O) groups excluding carboxylic acids is 1. The van der Waals surface area contributed by atoms with Gasteiger partial charge in [-0.25, -0.2) is 9.18 Å². The van der Waals surface area contributed by atoms with Crippen molar-refractivity contribution in [2.24, 2.45) is 10.2 Å². The number of benzene rings is 3. The monoisotopic (exact) mass is 415 g/mol. The molecule has 31 heavy (non-hydrogen) atoms. The van der Waals surface area contributed by atoms with Gasteiger partial charge >= 0.3 is 5.97 Å². The molecular weight excluding hydrogens is 397 g/mol. The molecular formula is C24H18FN3O3. The summed E-state index contributed by atoms with van der Waals surface area (Å²) in [5.74, 6) is -1.31. The zero-order valence-corrected chi connectivity index (χ0v) is 16.8. The molecule has 0 saturated heterocycles. The predicted octanol–water partition coefficient (Wildman–Crippen LogP) is 6.33. The van der Waals surface area contributed by atoms with E-state index in [1.807, 2.05) is 6.07 Å². The molecule has 0 amide bonds. The summed E-state index contributed by atoms with van der Waals surface area (Å²) in [6, 6.07) is 15.8. The maximum atomic E-state index is 13.9. The lowest BCUT2D eigenvalue weighted by molar-refractivity contribution is 0.0728. The number of aryl methyl sites for hydroxylation is 2. The van der Waals surface area contributed by atoms with Crippen LogP contribution < -0.4 is 4.74 Å². The van der Waals surface area contributed by atoms with Crippen molar-refractivity contribution >= 4 is 28.2 Å². The quantitative estimate of drug-likeness (QED) is 0.240. The molecule has 6 nitrogen and oxygen atoms in total. The van der Waals surface area contributed by atoms with Gasteiger partial charge < -0.3 is 9.84 Å². The number of fused-ring (bicyclic) bond motifs is 1. The molecule has 0 aliphatic heterocycles. The largest absolute Gasteiger partial charge is 0.507 e. The Labute approximate surface area is 177 Å². The van der Waals surface area contributed by atoms with E-state index in [0.717, 1.165) is 0 Å². The van der Waals surface area contributed by atoms with Gasteiger partial charge in [0.2, 0.25) is 0 Å². The van der Waals surface area contributed by atoms with Crippen LogP contribution in [0.25, 0.3) is 10.9 Å². The number of aromatic hydroxyl groups is 1. The van der Waals surface area contributed by atoms with Crippen molar-refractivity contribution in [1.82, 2.24) is 4.98 Å². The van der Waals surface area contributed by atoms with Crippen LogP contribution in [0.4, 0.5) is 15.8 Å². The SMILES string of the molecule is Cc1cc(N=Nc2cc(C(=O)Oc3ccccc3F)cc3ncccc23)cc(C)c1O. The molecule has 154 valence electrons. The van der Waals surface area contributed by atoms with Crippen LogP contribution in [-0.4, -0.2) is 16.1 Å². The first-order chi connectivity index (χ1) is 14.9. The Bertz CT molecular complexity index is 1310. The molecule has 4 rings (SSSR count). The summed E-state index contributed by atoms with van der Waals surface area (Å²) in [6.45, 7) is 3.56. The fourth-order valence-electron chi connectivity index (χ4n) is 3.15. The molecule has 0 aliphatic rings. The third-order valence-electron chi connectivity index (χ3n) is 4.72. The number of ether oxygens (including phenoxy) is 1. The van der Waals surface area contributed by atoms with E-state index in [0.29, 0.717) is 33.4 Å². The lowest BCUT2D eigenvalue weighted by Gasteiger charge is -2.08. The average Bonchev–Trinajstić information content (AvgIpc) is 2.77. The molecule has 1 aromatic heterocycles. The van der Waals surface area contributed by atoms with E-state index in [9.17, 15) is 14.3 Å². The Hall–Kier alpha value is -4.13. The highest BCUT2D eigenvalue weighted by Gasteiger charge is 2.15. The van der Waals surface area contributed by atoms with Crippen molar-refractivity contribution in [2.45, 2.75) is 13.8 Å². The molecule has 1 N–H and O–H groups in total. The van der Waals surface area contributed by atoms with Crippen molar-refractivity contribution in [3.8, 4) is 11.5 Å². The first-order valence-electron chi connectivity index (χ1n) is 9.50. The fraction of sp³-hybridized carbons (Fsp3) is 0.0833. The second-order valence-corrected chi connectivity index (χ2v) is 7.01. The topological polar surface area (TPSA) is 84.1 Å². The minimum Gasteiger partial charge on any atom is -0.507 e. The van der Waals surface area contributed by atoms with Gasteiger partial charge in [0.1, 0.15) is 5.75 Å². The van der Waals surface area contributed by atoms with Crippen molar-refractivity contribution < 1.29 is 19.0 Å². The summed E-state index contributed by atoms with van der Waals surface area (Å²) in [4.78, 5) is 16.9. The number of pyridine rings is 1. The van der Waals surface area contributed by atoms with Crippen molar-refractivity contribution in [3.63, 3.8) is 0 Å². The molecule has 0 saturated carbocycles. The number of para-hydroxylation sites is 1. The van der Waals surface area contributed by atoms with Crippen LogP contribution in [0.2, 0.25) is 0 Å². The van der Waals surface area contributed by atoms with Crippen molar-refractivity contribution in [1.29, 1.82) is 0 Å². The molecule has 1 heterocycles. The molecule has 0 bridgehead atoms. The van der Waals surface area contributed by atoms with Crippen molar-refractivity contribution in [2.75, 3.05) is 0 Å². The third kappa shape index (κ3) is 4.25. The van der Waals surface area contributed by atoms with Crippen LogP contribution >= 0.6 is 0 Å². The number of nitrogens with zero attached hydrogens (tertiary/aromatic N) is 3. The summed E-state index contributed by atoms with van der Waals surface area (Å²) in [5, 5.41) is 19.2. The van der Waals surface area contributed by atoms with Gasteiger partial charge in [0.15, 0.2) is 11.6 Å². The number of carbonyl (C=O) groups is 1. The Morgan fingerprint density at radius 2 is 1.74 bits per heavy atom. The second-order valence-electron chi connectivity index (χ2n) is 7.01. The number of esters is 1. The Morgan fingerprint density at radius 1 is 1.00 bits per heavy atom. The Balaban J connectivity index is 1.73. The standard InChI is InChI=1S/C24H18FN3O3/c1-14-10-17(11-15(2)23(14)29)27-28-21-13-16(12-20-18(21)6-5-9-26-20)24(30)31-22-8-4-3-7-19(22)25/h3-13,29H,1-2H3. The number of hydrogen-bond acceptors (Lipinski definition) is 6. The minimum absolute atomic E-state index is 0.160. The van der Waals surface area contributed by atoms with Crippen LogP contribution in [-0.2, 0) is 0 Å². The van der Waals surface area contributed by atoms with E-state index < -0.39 is 11.8 Å². The Kier molecular flexibility index (Phi) is 5.41. The van der Waals surface area contributed by atoms with Crippen LogP contribution in [0.15, 0.2) is 77.1 Å².